The lowest BCUT2D eigenvalue weighted by atomic mass is 10.1. The SMILES string of the molecule is Cc1cc(C)c(CNC(=O)Nc2ccc(C(=O)NCc3ccc(F)cc3)cc2)cn1. The number of anilines is 1. The predicted molar refractivity (Wildman–Crippen MR) is 114 cm³/mol. The normalized spacial score (nSPS) is 10.4. The molecule has 3 N–H and O–H groups in total. The average molecular weight is 406 g/mol. The molecule has 0 spiro atoms. The van der Waals surface area contributed by atoms with Crippen LogP contribution in [0.1, 0.15) is 32.7 Å². The van der Waals surface area contributed by atoms with Crippen LogP contribution in [0.3, 0.4) is 0 Å². The lowest BCUT2D eigenvalue weighted by Crippen LogP contribution is -2.28. The van der Waals surface area contributed by atoms with E-state index in [2.05, 4.69) is 20.9 Å². The topological polar surface area (TPSA) is 83.1 Å². The zero-order valence-electron chi connectivity index (χ0n) is 16.8. The van der Waals surface area contributed by atoms with E-state index in [4.69, 9.17) is 0 Å². The Bertz CT molecular complexity index is 1030. The van der Waals surface area contributed by atoms with Crippen LogP contribution < -0.4 is 16.0 Å². The van der Waals surface area contributed by atoms with Crippen molar-refractivity contribution in [3.8, 4) is 0 Å². The molecule has 154 valence electrons. The summed E-state index contributed by atoms with van der Waals surface area (Å²) in [5.41, 5.74) is 4.79. The van der Waals surface area contributed by atoms with E-state index in [1.54, 1.807) is 42.6 Å². The molecular formula is C23H23FN4O2. The Morgan fingerprint density at radius 2 is 1.63 bits per heavy atom. The van der Waals surface area contributed by atoms with E-state index in [-0.39, 0.29) is 17.8 Å². The van der Waals surface area contributed by atoms with Crippen LogP contribution in [0.4, 0.5) is 14.9 Å². The number of carbonyl (C=O) groups is 2. The van der Waals surface area contributed by atoms with Crippen LogP contribution in [-0.2, 0) is 13.1 Å². The van der Waals surface area contributed by atoms with Gasteiger partial charge >= 0.3 is 6.03 Å². The number of rotatable bonds is 6. The number of hydrogen-bond donors (Lipinski definition) is 3. The summed E-state index contributed by atoms with van der Waals surface area (Å²) in [6.45, 7) is 4.57. The van der Waals surface area contributed by atoms with Crippen molar-refractivity contribution < 1.29 is 14.0 Å². The van der Waals surface area contributed by atoms with Gasteiger partial charge in [-0.3, -0.25) is 9.78 Å². The second-order valence-electron chi connectivity index (χ2n) is 6.95. The monoisotopic (exact) mass is 406 g/mol. The molecule has 0 atom stereocenters. The number of amides is 3. The number of benzene rings is 2. The van der Waals surface area contributed by atoms with Crippen molar-refractivity contribution in [2.24, 2.45) is 0 Å². The highest BCUT2D eigenvalue weighted by Gasteiger charge is 2.08. The summed E-state index contributed by atoms with van der Waals surface area (Å²) in [5.74, 6) is -0.569. The maximum atomic E-state index is 12.9. The highest BCUT2D eigenvalue weighted by Crippen LogP contribution is 2.11. The van der Waals surface area contributed by atoms with E-state index in [0.29, 0.717) is 24.3 Å². The molecule has 3 amide bonds. The van der Waals surface area contributed by atoms with Crippen molar-refractivity contribution in [3.63, 3.8) is 0 Å². The molecule has 0 bridgehead atoms. The van der Waals surface area contributed by atoms with E-state index in [1.807, 2.05) is 19.9 Å². The molecule has 30 heavy (non-hydrogen) atoms. The average Bonchev–Trinajstić information content (AvgIpc) is 2.73. The van der Waals surface area contributed by atoms with E-state index in [1.165, 1.54) is 12.1 Å². The van der Waals surface area contributed by atoms with E-state index < -0.39 is 0 Å². The lowest BCUT2D eigenvalue weighted by Gasteiger charge is -2.10. The zero-order valence-corrected chi connectivity index (χ0v) is 16.8. The van der Waals surface area contributed by atoms with Crippen molar-refractivity contribution in [2.45, 2.75) is 26.9 Å². The van der Waals surface area contributed by atoms with Crippen molar-refractivity contribution in [1.82, 2.24) is 15.6 Å². The highest BCUT2D eigenvalue weighted by molar-refractivity contribution is 5.95. The number of carbonyl (C=O) groups excluding carboxylic acids is 2. The quantitative estimate of drug-likeness (QED) is 0.577. The van der Waals surface area contributed by atoms with Crippen LogP contribution in [0.25, 0.3) is 0 Å². The summed E-state index contributed by atoms with van der Waals surface area (Å²) in [5, 5.41) is 8.30. The Morgan fingerprint density at radius 1 is 0.933 bits per heavy atom. The van der Waals surface area contributed by atoms with Gasteiger partial charge in [-0.1, -0.05) is 12.1 Å². The van der Waals surface area contributed by atoms with Crippen LogP contribution in [0.15, 0.2) is 60.8 Å². The van der Waals surface area contributed by atoms with Gasteiger partial charge in [0.15, 0.2) is 0 Å². The Balaban J connectivity index is 1.48. The van der Waals surface area contributed by atoms with Gasteiger partial charge in [0.25, 0.3) is 5.91 Å². The summed E-state index contributed by atoms with van der Waals surface area (Å²) < 4.78 is 12.9. The standard InChI is InChI=1S/C23H23FN4O2/c1-15-11-16(2)25-13-19(15)14-27-23(30)28-21-9-5-18(6-10-21)22(29)26-12-17-3-7-20(24)8-4-17/h3-11,13H,12,14H2,1-2H3,(H,26,29)(H2,27,28,30). The number of aromatic nitrogens is 1. The number of nitrogens with zero attached hydrogens (tertiary/aromatic N) is 1. The van der Waals surface area contributed by atoms with Crippen LogP contribution in [0.2, 0.25) is 0 Å². The van der Waals surface area contributed by atoms with Crippen LogP contribution in [0.5, 0.6) is 0 Å². The molecule has 0 unspecified atom stereocenters. The molecule has 0 aliphatic heterocycles. The highest BCUT2D eigenvalue weighted by atomic mass is 19.1. The smallest absolute Gasteiger partial charge is 0.319 e. The molecule has 2 aromatic carbocycles. The molecular weight excluding hydrogens is 383 g/mol. The molecule has 1 aromatic heterocycles. The molecule has 0 fully saturated rings. The first-order chi connectivity index (χ1) is 14.4. The first kappa shape index (κ1) is 21.0. The summed E-state index contributed by atoms with van der Waals surface area (Å²) in [6, 6.07) is 14.1. The third-order valence-electron chi connectivity index (χ3n) is 4.57. The minimum absolute atomic E-state index is 0.252. The fourth-order valence-electron chi connectivity index (χ4n) is 2.85. The van der Waals surface area contributed by atoms with Crippen LogP contribution >= 0.6 is 0 Å². The minimum atomic E-state index is -0.344. The second kappa shape index (κ2) is 9.65. The molecule has 0 aliphatic rings. The fourth-order valence-corrected chi connectivity index (χ4v) is 2.85. The number of aryl methyl sites for hydroxylation is 2. The van der Waals surface area contributed by atoms with E-state index in [0.717, 1.165) is 22.4 Å². The minimum Gasteiger partial charge on any atom is -0.348 e. The van der Waals surface area contributed by atoms with Crippen LogP contribution in [-0.4, -0.2) is 16.9 Å². The number of pyridine rings is 1. The number of halogens is 1. The van der Waals surface area contributed by atoms with E-state index >= 15 is 0 Å². The summed E-state index contributed by atoms with van der Waals surface area (Å²) in [4.78, 5) is 28.6. The fraction of sp³-hybridized carbons (Fsp3) is 0.174. The maximum Gasteiger partial charge on any atom is 0.319 e. The molecule has 3 aromatic rings. The summed E-state index contributed by atoms with van der Waals surface area (Å²) in [7, 11) is 0. The van der Waals surface area contributed by atoms with Crippen molar-refractivity contribution in [3.05, 3.63) is 94.6 Å². The number of hydrogen-bond acceptors (Lipinski definition) is 3. The maximum absolute atomic E-state index is 12.9. The van der Waals surface area contributed by atoms with Gasteiger partial charge in [0.1, 0.15) is 5.82 Å². The second-order valence-corrected chi connectivity index (χ2v) is 6.95. The number of nitrogens with one attached hydrogen (secondary N) is 3. The Kier molecular flexibility index (Phi) is 6.75. The molecule has 0 saturated carbocycles. The summed E-state index contributed by atoms with van der Waals surface area (Å²) in [6.07, 6.45) is 1.75. The predicted octanol–water partition coefficient (Wildman–Crippen LogP) is 4.09. The molecule has 0 saturated heterocycles. The van der Waals surface area contributed by atoms with Gasteiger partial charge in [-0.25, -0.2) is 9.18 Å². The number of urea groups is 1. The van der Waals surface area contributed by atoms with Gasteiger partial charge < -0.3 is 16.0 Å². The molecule has 7 heteroatoms. The third-order valence-corrected chi connectivity index (χ3v) is 4.57. The Hall–Kier alpha value is -3.74. The van der Waals surface area contributed by atoms with Crippen molar-refractivity contribution in [1.29, 1.82) is 0 Å². The Labute approximate surface area is 174 Å². The molecule has 6 nitrogen and oxygen atoms in total. The lowest BCUT2D eigenvalue weighted by molar-refractivity contribution is 0.0951. The molecule has 0 radical (unpaired) electrons. The molecule has 1 heterocycles. The van der Waals surface area contributed by atoms with Gasteiger partial charge in [0, 0.05) is 36.2 Å². The largest absolute Gasteiger partial charge is 0.348 e. The Morgan fingerprint density at radius 3 is 2.30 bits per heavy atom. The van der Waals surface area contributed by atoms with E-state index in [9.17, 15) is 14.0 Å². The van der Waals surface area contributed by atoms with Gasteiger partial charge in [-0.05, 0) is 73.0 Å². The first-order valence-electron chi connectivity index (χ1n) is 9.50. The van der Waals surface area contributed by atoms with Gasteiger partial charge in [-0.2, -0.15) is 0 Å². The summed E-state index contributed by atoms with van der Waals surface area (Å²) >= 11 is 0. The zero-order chi connectivity index (χ0) is 21.5. The molecule has 3 rings (SSSR count). The van der Waals surface area contributed by atoms with Gasteiger partial charge in [0.05, 0.1) is 0 Å². The van der Waals surface area contributed by atoms with Gasteiger partial charge in [-0.15, -0.1) is 0 Å². The third kappa shape index (κ3) is 5.88. The van der Waals surface area contributed by atoms with Crippen LogP contribution in [0, 0.1) is 19.7 Å². The molecule has 0 aliphatic carbocycles. The van der Waals surface area contributed by atoms with Crippen molar-refractivity contribution in [2.75, 3.05) is 5.32 Å². The first-order valence-corrected chi connectivity index (χ1v) is 9.50. The van der Waals surface area contributed by atoms with Crippen molar-refractivity contribution >= 4 is 17.6 Å². The van der Waals surface area contributed by atoms with Gasteiger partial charge in [0.2, 0.25) is 0 Å².